The molecule has 2 rings (SSSR count). The smallest absolute Gasteiger partial charge is 0.261 e. The van der Waals surface area contributed by atoms with Crippen molar-refractivity contribution in [2.24, 2.45) is 5.92 Å². The van der Waals surface area contributed by atoms with E-state index in [-0.39, 0.29) is 10.8 Å². The Morgan fingerprint density at radius 1 is 1.33 bits per heavy atom. The third kappa shape index (κ3) is 3.58. The molecule has 1 aliphatic carbocycles. The molecule has 0 aromatic heterocycles. The number of rotatable bonds is 4. The monoisotopic (exact) mass is 329 g/mol. The van der Waals surface area contributed by atoms with E-state index < -0.39 is 9.05 Å². The second-order valence-electron chi connectivity index (χ2n) is 5.83. The molecule has 1 saturated carbocycles. The van der Waals surface area contributed by atoms with Gasteiger partial charge in [-0.1, -0.05) is 6.42 Å². The van der Waals surface area contributed by atoms with E-state index in [2.05, 4.69) is 0 Å². The van der Waals surface area contributed by atoms with Crippen molar-refractivity contribution < 1.29 is 13.2 Å². The van der Waals surface area contributed by atoms with E-state index in [1.165, 1.54) is 18.6 Å². The molecule has 6 heteroatoms. The van der Waals surface area contributed by atoms with E-state index in [0.717, 1.165) is 30.5 Å². The molecule has 0 spiro atoms. The molecule has 1 amide bonds. The summed E-state index contributed by atoms with van der Waals surface area (Å²) in [4.78, 5) is 14.2. The van der Waals surface area contributed by atoms with Gasteiger partial charge < -0.3 is 4.90 Å². The summed E-state index contributed by atoms with van der Waals surface area (Å²) in [7, 11) is 3.32. The quantitative estimate of drug-likeness (QED) is 0.797. The van der Waals surface area contributed by atoms with Crippen LogP contribution in [0.2, 0.25) is 0 Å². The lowest BCUT2D eigenvalue weighted by atomic mass is 9.85. The highest BCUT2D eigenvalue weighted by Gasteiger charge is 2.24. The van der Waals surface area contributed by atoms with Crippen LogP contribution in [0, 0.1) is 19.8 Å². The Bertz CT molecular complexity index is 666. The Kier molecular flexibility index (Phi) is 4.63. The topological polar surface area (TPSA) is 54.5 Å². The van der Waals surface area contributed by atoms with Crippen molar-refractivity contribution in [1.29, 1.82) is 0 Å². The predicted molar refractivity (Wildman–Crippen MR) is 83.3 cm³/mol. The predicted octanol–water partition coefficient (Wildman–Crippen LogP) is 3.10. The summed E-state index contributed by atoms with van der Waals surface area (Å²) >= 11 is 0. The van der Waals surface area contributed by atoms with Gasteiger partial charge in [0.25, 0.3) is 15.0 Å². The molecule has 21 heavy (non-hydrogen) atoms. The Morgan fingerprint density at radius 3 is 2.43 bits per heavy atom. The fraction of sp³-hybridized carbons (Fsp3) is 0.533. The van der Waals surface area contributed by atoms with Crippen LogP contribution in [0.25, 0.3) is 0 Å². The summed E-state index contributed by atoms with van der Waals surface area (Å²) in [5.74, 6) is 0.421. The van der Waals surface area contributed by atoms with Gasteiger partial charge in [0.2, 0.25) is 0 Å². The summed E-state index contributed by atoms with van der Waals surface area (Å²) in [5.41, 5.74) is 1.96. The van der Waals surface area contributed by atoms with Crippen LogP contribution in [0.15, 0.2) is 17.0 Å². The summed E-state index contributed by atoms with van der Waals surface area (Å²) in [6.07, 6.45) is 3.54. The molecule has 1 fully saturated rings. The maximum Gasteiger partial charge on any atom is 0.261 e. The lowest BCUT2D eigenvalue weighted by molar-refractivity contribution is 0.0744. The average Bonchev–Trinajstić information content (AvgIpc) is 2.34. The van der Waals surface area contributed by atoms with Crippen molar-refractivity contribution in [3.63, 3.8) is 0 Å². The molecule has 116 valence electrons. The standard InChI is InChI=1S/C15H20ClNO3S/c1-10-7-13(21(16,19)20)8-14(11(10)2)15(18)17(3)9-12-5-4-6-12/h7-8,12H,4-6,9H2,1-3H3. The second-order valence-corrected chi connectivity index (χ2v) is 8.40. The summed E-state index contributed by atoms with van der Waals surface area (Å²) in [5, 5.41) is 0. The zero-order valence-electron chi connectivity index (χ0n) is 12.5. The van der Waals surface area contributed by atoms with Gasteiger partial charge >= 0.3 is 0 Å². The molecule has 0 N–H and O–H groups in total. The van der Waals surface area contributed by atoms with Gasteiger partial charge in [-0.05, 0) is 55.9 Å². The molecule has 0 atom stereocenters. The molecule has 0 radical (unpaired) electrons. The zero-order chi connectivity index (χ0) is 15.8. The van der Waals surface area contributed by atoms with Crippen LogP contribution in [0.1, 0.15) is 40.7 Å². The van der Waals surface area contributed by atoms with Crippen molar-refractivity contribution in [2.45, 2.75) is 38.0 Å². The SMILES string of the molecule is Cc1cc(S(=O)(=O)Cl)cc(C(=O)N(C)CC2CCC2)c1C. The van der Waals surface area contributed by atoms with Gasteiger partial charge in [0.05, 0.1) is 4.90 Å². The zero-order valence-corrected chi connectivity index (χ0v) is 14.1. The molecule has 0 aliphatic heterocycles. The van der Waals surface area contributed by atoms with E-state index in [1.807, 2.05) is 6.92 Å². The van der Waals surface area contributed by atoms with E-state index in [1.54, 1.807) is 18.9 Å². The number of hydrogen-bond donors (Lipinski definition) is 0. The Balaban J connectivity index is 2.33. The van der Waals surface area contributed by atoms with Gasteiger partial charge in [-0.25, -0.2) is 8.42 Å². The fourth-order valence-corrected chi connectivity index (χ4v) is 3.38. The van der Waals surface area contributed by atoms with E-state index in [4.69, 9.17) is 10.7 Å². The number of benzene rings is 1. The minimum absolute atomic E-state index is 0.0207. The molecular formula is C15H20ClNO3S. The number of nitrogens with zero attached hydrogens (tertiary/aromatic N) is 1. The summed E-state index contributed by atoms with van der Waals surface area (Å²) in [6.45, 7) is 4.32. The third-order valence-corrected chi connectivity index (χ3v) is 5.59. The first-order valence-corrected chi connectivity index (χ1v) is 9.32. The molecule has 0 saturated heterocycles. The minimum atomic E-state index is -3.84. The first kappa shape index (κ1) is 16.3. The van der Waals surface area contributed by atoms with Crippen molar-refractivity contribution in [1.82, 2.24) is 4.90 Å². The molecular weight excluding hydrogens is 310 g/mol. The highest BCUT2D eigenvalue weighted by Crippen LogP contribution is 2.28. The van der Waals surface area contributed by atoms with E-state index in [9.17, 15) is 13.2 Å². The first-order chi connectivity index (χ1) is 9.70. The largest absolute Gasteiger partial charge is 0.341 e. The number of carbonyl (C=O) groups is 1. The van der Waals surface area contributed by atoms with Crippen LogP contribution in [-0.2, 0) is 9.05 Å². The second kappa shape index (κ2) is 5.97. The highest BCUT2D eigenvalue weighted by atomic mass is 35.7. The number of carbonyl (C=O) groups excluding carboxylic acids is 1. The molecule has 0 bridgehead atoms. The van der Waals surface area contributed by atoms with Crippen molar-refractivity contribution in [3.05, 3.63) is 28.8 Å². The van der Waals surface area contributed by atoms with Crippen molar-refractivity contribution >= 4 is 25.6 Å². The minimum Gasteiger partial charge on any atom is -0.341 e. The summed E-state index contributed by atoms with van der Waals surface area (Å²) in [6, 6.07) is 2.88. The van der Waals surface area contributed by atoms with Gasteiger partial charge in [-0.3, -0.25) is 4.79 Å². The number of hydrogen-bond acceptors (Lipinski definition) is 3. The van der Waals surface area contributed by atoms with Crippen LogP contribution < -0.4 is 0 Å². The molecule has 0 heterocycles. The lowest BCUT2D eigenvalue weighted by Crippen LogP contribution is -2.34. The normalized spacial score (nSPS) is 15.6. The summed E-state index contributed by atoms with van der Waals surface area (Å²) < 4.78 is 23.0. The van der Waals surface area contributed by atoms with Gasteiger partial charge in [-0.15, -0.1) is 0 Å². The molecule has 1 aromatic carbocycles. The van der Waals surface area contributed by atoms with Crippen LogP contribution in [-0.4, -0.2) is 32.8 Å². The average molecular weight is 330 g/mol. The van der Waals surface area contributed by atoms with Crippen LogP contribution in [0.5, 0.6) is 0 Å². The molecule has 4 nitrogen and oxygen atoms in total. The lowest BCUT2D eigenvalue weighted by Gasteiger charge is -2.30. The maximum atomic E-state index is 12.6. The van der Waals surface area contributed by atoms with Crippen molar-refractivity contribution in [2.75, 3.05) is 13.6 Å². The van der Waals surface area contributed by atoms with Gasteiger partial charge in [0.15, 0.2) is 0 Å². The third-order valence-electron chi connectivity index (χ3n) is 4.26. The van der Waals surface area contributed by atoms with Gasteiger partial charge in [0, 0.05) is 29.8 Å². The van der Waals surface area contributed by atoms with Crippen LogP contribution in [0.4, 0.5) is 0 Å². The van der Waals surface area contributed by atoms with Crippen LogP contribution >= 0.6 is 10.7 Å². The number of halogens is 1. The van der Waals surface area contributed by atoms with Gasteiger partial charge in [0.1, 0.15) is 0 Å². The Morgan fingerprint density at radius 2 is 1.95 bits per heavy atom. The van der Waals surface area contributed by atoms with Crippen molar-refractivity contribution in [3.8, 4) is 0 Å². The Labute approximate surface area is 130 Å². The first-order valence-electron chi connectivity index (χ1n) is 7.01. The molecule has 1 aromatic rings. The van der Waals surface area contributed by atoms with E-state index in [0.29, 0.717) is 11.5 Å². The fourth-order valence-electron chi connectivity index (χ4n) is 2.54. The highest BCUT2D eigenvalue weighted by molar-refractivity contribution is 8.13. The maximum absolute atomic E-state index is 12.6. The number of aryl methyl sites for hydroxylation is 1. The van der Waals surface area contributed by atoms with E-state index >= 15 is 0 Å². The van der Waals surface area contributed by atoms with Crippen LogP contribution in [0.3, 0.4) is 0 Å². The van der Waals surface area contributed by atoms with Gasteiger partial charge in [-0.2, -0.15) is 0 Å². The molecule has 1 aliphatic rings. The number of amides is 1. The Hall–Kier alpha value is -1.07. The molecule has 0 unspecified atom stereocenters.